The predicted molar refractivity (Wildman–Crippen MR) is 167 cm³/mol. The minimum absolute atomic E-state index is 0.306. The summed E-state index contributed by atoms with van der Waals surface area (Å²) in [6.45, 7) is 5.16. The largest absolute Gasteiger partial charge is 0.431 e. The van der Waals surface area contributed by atoms with Crippen LogP contribution >= 0.6 is 0 Å². The van der Waals surface area contributed by atoms with E-state index in [2.05, 4.69) is 39.2 Å². The second-order valence-electron chi connectivity index (χ2n) is 10.7. The fraction of sp³-hybridized carbons (Fsp3) is 0.343. The summed E-state index contributed by atoms with van der Waals surface area (Å²) in [5.74, 6) is 0.0305. The summed E-state index contributed by atoms with van der Waals surface area (Å²) in [6, 6.07) is 16.4. The average Bonchev–Trinajstić information content (AvgIpc) is 3.00. The monoisotopic (exact) mass is 612 g/mol. The highest BCUT2D eigenvalue weighted by atomic mass is 19.3. The number of halogens is 4. The molecule has 1 aromatic heterocycles. The highest BCUT2D eigenvalue weighted by molar-refractivity contribution is 5.49. The Morgan fingerprint density at radius 3 is 2.23 bits per heavy atom. The van der Waals surface area contributed by atoms with E-state index in [1.54, 1.807) is 18.3 Å². The first-order chi connectivity index (χ1) is 21.1. The van der Waals surface area contributed by atoms with Gasteiger partial charge in [-0.05, 0) is 71.7 Å². The molecule has 3 aromatic rings. The zero-order chi connectivity index (χ0) is 32.1. The Morgan fingerprint density at radius 2 is 1.64 bits per heavy atom. The predicted octanol–water partition coefficient (Wildman–Crippen LogP) is 8.69. The quantitative estimate of drug-likeness (QED) is 0.164. The minimum atomic E-state index is -3.20. The summed E-state index contributed by atoms with van der Waals surface area (Å²) in [6.07, 6.45) is 10.6. The molecule has 1 aliphatic heterocycles. The van der Waals surface area contributed by atoms with E-state index in [1.165, 1.54) is 23.3 Å². The van der Waals surface area contributed by atoms with Gasteiger partial charge < -0.3 is 19.5 Å². The molecule has 4 rings (SSSR count). The molecular formula is C35H40F4N2O3. The van der Waals surface area contributed by atoms with Crippen molar-refractivity contribution in [2.24, 2.45) is 5.92 Å². The number of allylic oxidation sites excluding steroid dienone is 5. The SMILES string of the molecule is C=C/C=C(\C=C/C)CC(c1ccc(N2CCc3ccccc3C2)nc1)c1ccc(OC(F)F)c(OC(F)F)c1.CC(C)CO. The van der Waals surface area contributed by atoms with Gasteiger partial charge >= 0.3 is 13.2 Å². The maximum absolute atomic E-state index is 13.1. The molecule has 0 aliphatic carbocycles. The summed E-state index contributed by atoms with van der Waals surface area (Å²) < 4.78 is 60.9. The Morgan fingerprint density at radius 1 is 0.977 bits per heavy atom. The lowest BCUT2D eigenvalue weighted by Crippen LogP contribution is -2.30. The number of aliphatic hydroxyl groups excluding tert-OH is 1. The first-order valence-electron chi connectivity index (χ1n) is 14.5. The van der Waals surface area contributed by atoms with E-state index >= 15 is 0 Å². The smallest absolute Gasteiger partial charge is 0.387 e. The maximum atomic E-state index is 13.1. The topological polar surface area (TPSA) is 54.8 Å². The number of rotatable bonds is 12. The van der Waals surface area contributed by atoms with Crippen LogP contribution in [-0.2, 0) is 13.0 Å². The third-order valence-electron chi connectivity index (χ3n) is 6.95. The number of fused-ring (bicyclic) bond motifs is 1. The average molecular weight is 613 g/mol. The third-order valence-corrected chi connectivity index (χ3v) is 6.95. The lowest BCUT2D eigenvalue weighted by Gasteiger charge is -2.30. The van der Waals surface area contributed by atoms with Crippen molar-refractivity contribution < 1.29 is 32.1 Å². The molecule has 0 spiro atoms. The first-order valence-corrected chi connectivity index (χ1v) is 14.5. The molecule has 0 radical (unpaired) electrons. The molecule has 0 amide bonds. The van der Waals surface area contributed by atoms with E-state index in [9.17, 15) is 17.6 Å². The van der Waals surface area contributed by atoms with E-state index in [0.29, 0.717) is 24.5 Å². The molecule has 236 valence electrons. The number of benzene rings is 2. The number of nitrogens with zero attached hydrogens (tertiary/aromatic N) is 2. The first kappa shape index (κ1) is 34.4. The Hall–Kier alpha value is -4.11. The van der Waals surface area contributed by atoms with Crippen molar-refractivity contribution in [2.75, 3.05) is 18.1 Å². The van der Waals surface area contributed by atoms with Crippen LogP contribution in [0.4, 0.5) is 23.4 Å². The van der Waals surface area contributed by atoms with Crippen molar-refractivity contribution in [1.82, 2.24) is 4.98 Å². The number of aliphatic hydroxyl groups is 1. The van der Waals surface area contributed by atoms with Crippen molar-refractivity contribution in [3.05, 3.63) is 120 Å². The van der Waals surface area contributed by atoms with Gasteiger partial charge in [-0.3, -0.25) is 0 Å². The van der Waals surface area contributed by atoms with E-state index in [1.807, 2.05) is 57.2 Å². The molecule has 2 heterocycles. The zero-order valence-corrected chi connectivity index (χ0v) is 25.3. The molecule has 0 fully saturated rings. The third kappa shape index (κ3) is 10.3. The van der Waals surface area contributed by atoms with Crippen LogP contribution in [0, 0.1) is 5.92 Å². The van der Waals surface area contributed by atoms with E-state index in [-0.39, 0.29) is 5.92 Å². The molecule has 1 N–H and O–H groups in total. The summed E-state index contributed by atoms with van der Waals surface area (Å²) in [7, 11) is 0. The highest BCUT2D eigenvalue weighted by Gasteiger charge is 2.22. The summed E-state index contributed by atoms with van der Waals surface area (Å²) in [4.78, 5) is 6.96. The molecule has 1 unspecified atom stereocenters. The van der Waals surface area contributed by atoms with Crippen molar-refractivity contribution in [1.29, 1.82) is 0 Å². The number of aromatic nitrogens is 1. The second-order valence-corrected chi connectivity index (χ2v) is 10.7. The molecule has 1 atom stereocenters. The fourth-order valence-electron chi connectivity index (χ4n) is 4.83. The number of hydrogen-bond acceptors (Lipinski definition) is 5. The summed E-state index contributed by atoms with van der Waals surface area (Å²) in [5, 5.41) is 8.14. The Balaban J connectivity index is 0.000000978. The fourth-order valence-corrected chi connectivity index (χ4v) is 4.83. The summed E-state index contributed by atoms with van der Waals surface area (Å²) in [5.41, 5.74) is 4.99. The van der Waals surface area contributed by atoms with Gasteiger partial charge in [0.05, 0.1) is 0 Å². The Bertz CT molecular complexity index is 1390. The number of ether oxygens (including phenoxy) is 2. The van der Waals surface area contributed by atoms with Crippen molar-refractivity contribution >= 4 is 5.82 Å². The van der Waals surface area contributed by atoms with E-state index in [4.69, 9.17) is 10.1 Å². The van der Waals surface area contributed by atoms with E-state index in [0.717, 1.165) is 36.5 Å². The van der Waals surface area contributed by atoms with Crippen LogP contribution in [0.2, 0.25) is 0 Å². The standard InChI is InChI=1S/C31H30F4N2O2.C4H10O/c1-3-7-21(8-4-2)17-26(23-11-13-27(38-30(32)33)28(18-23)39-31(34)35)24-12-14-29(36-19-24)37-16-15-22-9-5-6-10-25(22)20-37;1-4(2)3-5/h3-14,18-19,26,30-31H,1,15-17,20H2,2H3;4-5H,3H2,1-2H3/b8-4-,21-7+;. The van der Waals surface area contributed by atoms with Gasteiger partial charge in [0, 0.05) is 31.8 Å². The van der Waals surface area contributed by atoms with Crippen LogP contribution in [0.5, 0.6) is 11.5 Å². The van der Waals surface area contributed by atoms with Gasteiger partial charge in [-0.1, -0.05) is 81.1 Å². The van der Waals surface area contributed by atoms with Gasteiger partial charge in [0.2, 0.25) is 0 Å². The molecule has 1 aliphatic rings. The molecule has 9 heteroatoms. The van der Waals surface area contributed by atoms with Gasteiger partial charge in [-0.15, -0.1) is 0 Å². The van der Waals surface area contributed by atoms with Crippen LogP contribution in [0.15, 0.2) is 97.3 Å². The van der Waals surface area contributed by atoms with Crippen LogP contribution in [0.3, 0.4) is 0 Å². The maximum Gasteiger partial charge on any atom is 0.387 e. The molecule has 5 nitrogen and oxygen atoms in total. The molecule has 0 saturated heterocycles. The van der Waals surface area contributed by atoms with Crippen molar-refractivity contribution in [3.8, 4) is 11.5 Å². The normalized spacial score (nSPS) is 14.0. The van der Waals surface area contributed by atoms with Crippen LogP contribution in [0.25, 0.3) is 0 Å². The number of alkyl halides is 4. The van der Waals surface area contributed by atoms with Crippen molar-refractivity contribution in [2.45, 2.75) is 59.3 Å². The van der Waals surface area contributed by atoms with Gasteiger partial charge in [-0.2, -0.15) is 17.6 Å². The highest BCUT2D eigenvalue weighted by Crippen LogP contribution is 2.38. The van der Waals surface area contributed by atoms with Crippen LogP contribution in [-0.4, -0.2) is 36.5 Å². The number of hydrogen-bond donors (Lipinski definition) is 1. The number of anilines is 1. The van der Waals surface area contributed by atoms with Crippen LogP contribution < -0.4 is 14.4 Å². The van der Waals surface area contributed by atoms with Gasteiger partial charge in [0.25, 0.3) is 0 Å². The minimum Gasteiger partial charge on any atom is -0.431 e. The zero-order valence-electron chi connectivity index (χ0n) is 25.3. The lowest BCUT2D eigenvalue weighted by molar-refractivity contribution is -0.0692. The molecule has 2 aromatic carbocycles. The van der Waals surface area contributed by atoms with E-state index < -0.39 is 24.7 Å². The second kappa shape index (κ2) is 17.3. The van der Waals surface area contributed by atoms with Gasteiger partial charge in [0.15, 0.2) is 11.5 Å². The molecule has 0 bridgehead atoms. The molecule has 44 heavy (non-hydrogen) atoms. The number of pyridine rings is 1. The van der Waals surface area contributed by atoms with Crippen molar-refractivity contribution in [3.63, 3.8) is 0 Å². The molecule has 0 saturated carbocycles. The van der Waals surface area contributed by atoms with Gasteiger partial charge in [0.1, 0.15) is 5.82 Å². The Labute approximate surface area is 257 Å². The van der Waals surface area contributed by atoms with Gasteiger partial charge in [-0.25, -0.2) is 4.98 Å². The van der Waals surface area contributed by atoms with Crippen LogP contribution in [0.1, 0.15) is 55.4 Å². The molecular weight excluding hydrogens is 572 g/mol. The lowest BCUT2D eigenvalue weighted by atomic mass is 9.86. The Kier molecular flexibility index (Phi) is 13.5. The summed E-state index contributed by atoms with van der Waals surface area (Å²) >= 11 is 0.